The molecule has 0 atom stereocenters. The molecule has 0 radical (unpaired) electrons. The van der Waals surface area contributed by atoms with Crippen molar-refractivity contribution in [2.24, 2.45) is 0 Å². The topological polar surface area (TPSA) is 51.9 Å². The summed E-state index contributed by atoms with van der Waals surface area (Å²) < 4.78 is 4.13. The zero-order valence-electron chi connectivity index (χ0n) is 14.1. The predicted molar refractivity (Wildman–Crippen MR) is 101 cm³/mol. The van der Waals surface area contributed by atoms with Crippen molar-refractivity contribution in [3.05, 3.63) is 60.8 Å². The Balaban J connectivity index is 1.49. The molecule has 126 valence electrons. The van der Waals surface area contributed by atoms with E-state index in [-0.39, 0.29) is 5.91 Å². The standard InChI is InChI=1S/C20H20N4O/c1-2-24-18-10-6-4-8-16(18)21-20(24)22-19(25)12-14-23-13-11-15-7-3-5-9-17(15)23/h3-11,13H,2,12,14H2,1H3,(H,21,22,25). The third-order valence-electron chi connectivity index (χ3n) is 4.48. The summed E-state index contributed by atoms with van der Waals surface area (Å²) in [6.07, 6.45) is 2.44. The molecule has 0 unspecified atom stereocenters. The first-order valence-electron chi connectivity index (χ1n) is 8.55. The Morgan fingerprint density at radius 2 is 1.80 bits per heavy atom. The third kappa shape index (κ3) is 2.89. The number of nitrogens with zero attached hydrogens (tertiary/aromatic N) is 3. The fraction of sp³-hybridized carbons (Fsp3) is 0.200. The molecular weight excluding hydrogens is 312 g/mol. The van der Waals surface area contributed by atoms with Crippen LogP contribution in [0.5, 0.6) is 0 Å². The second-order valence-electron chi connectivity index (χ2n) is 6.03. The summed E-state index contributed by atoms with van der Waals surface area (Å²) in [4.78, 5) is 17.0. The maximum atomic E-state index is 12.4. The number of benzene rings is 2. The van der Waals surface area contributed by atoms with E-state index < -0.39 is 0 Å². The van der Waals surface area contributed by atoms with Gasteiger partial charge in [-0.2, -0.15) is 0 Å². The van der Waals surface area contributed by atoms with Gasteiger partial charge in [0.25, 0.3) is 0 Å². The van der Waals surface area contributed by atoms with Crippen molar-refractivity contribution in [3.63, 3.8) is 0 Å². The number of aryl methyl sites for hydroxylation is 2. The molecule has 0 saturated heterocycles. The minimum absolute atomic E-state index is 0.0252. The summed E-state index contributed by atoms with van der Waals surface area (Å²) in [5, 5.41) is 4.15. The van der Waals surface area contributed by atoms with Gasteiger partial charge in [0.15, 0.2) is 0 Å². The molecule has 2 aromatic heterocycles. The summed E-state index contributed by atoms with van der Waals surface area (Å²) in [7, 11) is 0. The number of hydrogen-bond acceptors (Lipinski definition) is 2. The molecule has 0 aliphatic heterocycles. The Kier molecular flexibility index (Phi) is 3.98. The van der Waals surface area contributed by atoms with E-state index in [1.165, 1.54) is 5.39 Å². The molecule has 0 aliphatic rings. The Labute approximate surface area is 145 Å². The Morgan fingerprint density at radius 3 is 2.64 bits per heavy atom. The van der Waals surface area contributed by atoms with E-state index in [0.717, 1.165) is 23.1 Å². The van der Waals surface area contributed by atoms with Crippen molar-refractivity contribution in [2.75, 3.05) is 5.32 Å². The zero-order valence-corrected chi connectivity index (χ0v) is 14.1. The summed E-state index contributed by atoms with van der Waals surface area (Å²) in [6, 6.07) is 18.2. The van der Waals surface area contributed by atoms with Gasteiger partial charge in [-0.15, -0.1) is 0 Å². The highest BCUT2D eigenvalue weighted by Crippen LogP contribution is 2.20. The number of para-hydroxylation sites is 3. The summed E-state index contributed by atoms with van der Waals surface area (Å²) in [5.74, 6) is 0.592. The molecule has 0 saturated carbocycles. The van der Waals surface area contributed by atoms with Crippen LogP contribution in [0.3, 0.4) is 0 Å². The fourth-order valence-corrected chi connectivity index (χ4v) is 3.24. The van der Waals surface area contributed by atoms with Gasteiger partial charge in [0.05, 0.1) is 11.0 Å². The highest BCUT2D eigenvalue weighted by atomic mass is 16.1. The van der Waals surface area contributed by atoms with Crippen molar-refractivity contribution < 1.29 is 4.79 Å². The highest BCUT2D eigenvalue weighted by molar-refractivity contribution is 5.91. The van der Waals surface area contributed by atoms with Crippen LogP contribution in [0.1, 0.15) is 13.3 Å². The molecule has 1 N–H and O–H groups in total. The molecule has 1 amide bonds. The van der Waals surface area contributed by atoms with E-state index >= 15 is 0 Å². The fourth-order valence-electron chi connectivity index (χ4n) is 3.24. The van der Waals surface area contributed by atoms with Crippen LogP contribution in [0.4, 0.5) is 5.95 Å². The molecule has 0 bridgehead atoms. The van der Waals surface area contributed by atoms with E-state index in [2.05, 4.69) is 40.0 Å². The second-order valence-corrected chi connectivity index (χ2v) is 6.03. The maximum absolute atomic E-state index is 12.4. The predicted octanol–water partition coefficient (Wildman–Crippen LogP) is 4.04. The molecule has 2 heterocycles. The first kappa shape index (κ1) is 15.4. The van der Waals surface area contributed by atoms with Gasteiger partial charge < -0.3 is 9.13 Å². The van der Waals surface area contributed by atoms with Gasteiger partial charge >= 0.3 is 0 Å². The number of hydrogen-bond donors (Lipinski definition) is 1. The Bertz CT molecular complexity index is 1040. The van der Waals surface area contributed by atoms with Gasteiger partial charge in [-0.25, -0.2) is 4.98 Å². The second kappa shape index (κ2) is 6.43. The minimum Gasteiger partial charge on any atom is -0.347 e. The van der Waals surface area contributed by atoms with Crippen molar-refractivity contribution in [3.8, 4) is 0 Å². The van der Waals surface area contributed by atoms with Gasteiger partial charge in [0, 0.05) is 31.2 Å². The van der Waals surface area contributed by atoms with Crippen LogP contribution >= 0.6 is 0 Å². The van der Waals surface area contributed by atoms with Crippen molar-refractivity contribution in [1.29, 1.82) is 0 Å². The molecule has 4 rings (SSSR count). The van der Waals surface area contributed by atoms with Crippen LogP contribution in [0, 0.1) is 0 Å². The first-order chi connectivity index (χ1) is 12.3. The van der Waals surface area contributed by atoms with Crippen LogP contribution in [0.2, 0.25) is 0 Å². The van der Waals surface area contributed by atoms with Gasteiger partial charge in [-0.1, -0.05) is 30.3 Å². The number of anilines is 1. The average Bonchev–Trinajstić information content (AvgIpc) is 3.20. The first-order valence-corrected chi connectivity index (χ1v) is 8.55. The molecule has 5 nitrogen and oxygen atoms in total. The summed E-state index contributed by atoms with van der Waals surface area (Å²) in [6.45, 7) is 3.46. The number of carbonyl (C=O) groups excluding carboxylic acids is 1. The van der Waals surface area contributed by atoms with Gasteiger partial charge in [-0.05, 0) is 36.6 Å². The summed E-state index contributed by atoms with van der Waals surface area (Å²) >= 11 is 0. The molecule has 4 aromatic rings. The number of imidazole rings is 1. The van der Waals surface area contributed by atoms with Crippen molar-refractivity contribution in [2.45, 2.75) is 26.4 Å². The molecule has 2 aromatic carbocycles. The molecule has 0 spiro atoms. The molecule has 0 fully saturated rings. The number of fused-ring (bicyclic) bond motifs is 2. The lowest BCUT2D eigenvalue weighted by atomic mass is 10.2. The zero-order chi connectivity index (χ0) is 17.2. The van der Waals surface area contributed by atoms with Gasteiger partial charge in [0.1, 0.15) is 0 Å². The lowest BCUT2D eigenvalue weighted by Gasteiger charge is -2.08. The van der Waals surface area contributed by atoms with E-state index in [4.69, 9.17) is 0 Å². The number of rotatable bonds is 5. The van der Waals surface area contributed by atoms with Crippen LogP contribution < -0.4 is 5.32 Å². The molecule has 25 heavy (non-hydrogen) atoms. The molecule has 0 aliphatic carbocycles. The third-order valence-corrected chi connectivity index (χ3v) is 4.48. The number of amides is 1. The van der Waals surface area contributed by atoms with Crippen LogP contribution in [0.25, 0.3) is 21.9 Å². The van der Waals surface area contributed by atoms with Crippen molar-refractivity contribution in [1.82, 2.24) is 14.1 Å². The normalized spacial score (nSPS) is 11.2. The van der Waals surface area contributed by atoms with Crippen molar-refractivity contribution >= 4 is 33.8 Å². The number of aromatic nitrogens is 3. The van der Waals surface area contributed by atoms with Crippen LogP contribution in [-0.2, 0) is 17.9 Å². The van der Waals surface area contributed by atoms with E-state index in [0.29, 0.717) is 18.9 Å². The lowest BCUT2D eigenvalue weighted by molar-refractivity contribution is -0.116. The van der Waals surface area contributed by atoms with Crippen LogP contribution in [0.15, 0.2) is 60.8 Å². The molecular formula is C20H20N4O. The smallest absolute Gasteiger partial charge is 0.228 e. The molecule has 5 heteroatoms. The SMILES string of the molecule is CCn1c(NC(=O)CCn2ccc3ccccc32)nc2ccccc21. The largest absolute Gasteiger partial charge is 0.347 e. The van der Waals surface area contributed by atoms with Gasteiger partial charge in [0.2, 0.25) is 11.9 Å². The lowest BCUT2D eigenvalue weighted by Crippen LogP contribution is -2.17. The van der Waals surface area contributed by atoms with E-state index in [1.807, 2.05) is 47.2 Å². The number of nitrogens with one attached hydrogen (secondary N) is 1. The minimum atomic E-state index is -0.0252. The Hall–Kier alpha value is -3.08. The summed E-state index contributed by atoms with van der Waals surface area (Å²) in [5.41, 5.74) is 3.09. The number of carbonyl (C=O) groups is 1. The quantitative estimate of drug-likeness (QED) is 0.600. The van der Waals surface area contributed by atoms with Crippen LogP contribution in [-0.4, -0.2) is 20.0 Å². The van der Waals surface area contributed by atoms with E-state index in [1.54, 1.807) is 0 Å². The monoisotopic (exact) mass is 332 g/mol. The maximum Gasteiger partial charge on any atom is 0.228 e. The highest BCUT2D eigenvalue weighted by Gasteiger charge is 2.12. The van der Waals surface area contributed by atoms with Gasteiger partial charge in [-0.3, -0.25) is 10.1 Å². The Morgan fingerprint density at radius 1 is 1.04 bits per heavy atom. The average molecular weight is 332 g/mol. The van der Waals surface area contributed by atoms with E-state index in [9.17, 15) is 4.79 Å².